The van der Waals surface area contributed by atoms with Crippen LogP contribution in [0.15, 0.2) is 51.6 Å². The fraction of sp³-hybridized carbons (Fsp3) is 0.182. The van der Waals surface area contributed by atoms with Crippen LogP contribution in [0.4, 0.5) is 5.82 Å². The molecule has 0 atom stereocenters. The highest BCUT2D eigenvalue weighted by Crippen LogP contribution is 2.36. The maximum absolute atomic E-state index is 12.8. The van der Waals surface area contributed by atoms with Gasteiger partial charge in [-0.2, -0.15) is 0 Å². The van der Waals surface area contributed by atoms with E-state index in [-0.39, 0.29) is 11.5 Å². The number of anilines is 1. The second kappa shape index (κ2) is 8.54. The zero-order chi connectivity index (χ0) is 22.8. The second-order valence-corrected chi connectivity index (χ2v) is 6.92. The van der Waals surface area contributed by atoms with E-state index in [1.165, 1.54) is 20.3 Å². The van der Waals surface area contributed by atoms with Crippen LogP contribution in [-0.2, 0) is 0 Å². The number of aromatic nitrogens is 3. The molecule has 11 nitrogen and oxygen atoms in total. The van der Waals surface area contributed by atoms with Gasteiger partial charge < -0.3 is 28.8 Å². The van der Waals surface area contributed by atoms with Crippen LogP contribution in [0.25, 0.3) is 22.6 Å². The number of nitrogens with zero attached hydrogens (tertiary/aromatic N) is 3. The summed E-state index contributed by atoms with van der Waals surface area (Å²) in [5, 5.41) is 14.2. The van der Waals surface area contributed by atoms with Gasteiger partial charge in [-0.15, -0.1) is 0 Å². The number of amides is 1. The van der Waals surface area contributed by atoms with Crippen molar-refractivity contribution in [3.05, 3.63) is 48.2 Å². The molecule has 1 aliphatic heterocycles. The maximum atomic E-state index is 12.8. The number of benzene rings is 2. The van der Waals surface area contributed by atoms with E-state index in [1.807, 2.05) is 0 Å². The molecule has 0 fully saturated rings. The van der Waals surface area contributed by atoms with E-state index in [0.29, 0.717) is 58.8 Å². The van der Waals surface area contributed by atoms with Gasteiger partial charge in [0.05, 0.1) is 14.2 Å². The van der Waals surface area contributed by atoms with Crippen molar-refractivity contribution < 1.29 is 32.9 Å². The van der Waals surface area contributed by atoms with E-state index in [0.717, 1.165) is 0 Å². The van der Waals surface area contributed by atoms with Crippen LogP contribution >= 0.6 is 0 Å². The zero-order valence-electron chi connectivity index (χ0n) is 17.7. The zero-order valence-corrected chi connectivity index (χ0v) is 17.7. The first kappa shape index (κ1) is 20.4. The summed E-state index contributed by atoms with van der Waals surface area (Å²) in [7, 11) is 3.06. The molecule has 4 aromatic rings. The van der Waals surface area contributed by atoms with E-state index in [9.17, 15) is 4.79 Å². The molecule has 3 heterocycles. The average molecular weight is 450 g/mol. The molecule has 1 amide bonds. The fourth-order valence-corrected chi connectivity index (χ4v) is 3.33. The Labute approximate surface area is 187 Å². The molecule has 1 aliphatic rings. The maximum Gasteiger partial charge on any atom is 0.279 e. The Hall–Kier alpha value is -4.54. The number of hydrogen-bond donors (Lipinski definition) is 1. The van der Waals surface area contributed by atoms with Gasteiger partial charge in [0.2, 0.25) is 5.82 Å². The molecule has 0 spiro atoms. The highest BCUT2D eigenvalue weighted by molar-refractivity contribution is 6.04. The molecule has 0 saturated heterocycles. The Balaban J connectivity index is 1.36. The van der Waals surface area contributed by atoms with Crippen molar-refractivity contribution in [2.45, 2.75) is 0 Å². The minimum absolute atomic E-state index is 0.0566. The summed E-state index contributed by atoms with van der Waals surface area (Å²) in [6.07, 6.45) is 0. The standard InChI is InChI=1S/C22H18N4O7/c1-28-15-5-4-13(10-18(15)29-2)20-21(26-33-25-20)23-22(27)14-11-17(32-24-14)12-3-6-16-19(9-12)31-8-7-30-16/h3-6,9-11H,7-8H2,1-2H3,(H,23,26,27). The molecule has 0 radical (unpaired) electrons. The van der Waals surface area contributed by atoms with Crippen molar-refractivity contribution in [3.63, 3.8) is 0 Å². The summed E-state index contributed by atoms with van der Waals surface area (Å²) >= 11 is 0. The average Bonchev–Trinajstić information content (AvgIpc) is 3.53. The molecule has 0 unspecified atom stereocenters. The van der Waals surface area contributed by atoms with Gasteiger partial charge in [-0.05, 0) is 46.7 Å². The molecule has 5 rings (SSSR count). The van der Waals surface area contributed by atoms with Gasteiger partial charge in [-0.1, -0.05) is 5.16 Å². The van der Waals surface area contributed by atoms with E-state index >= 15 is 0 Å². The van der Waals surface area contributed by atoms with Gasteiger partial charge in [-0.25, -0.2) is 4.63 Å². The van der Waals surface area contributed by atoms with Crippen molar-refractivity contribution in [2.24, 2.45) is 0 Å². The van der Waals surface area contributed by atoms with Crippen LogP contribution in [0, 0.1) is 0 Å². The van der Waals surface area contributed by atoms with Crippen LogP contribution in [0.5, 0.6) is 23.0 Å². The molecule has 2 aromatic heterocycles. The Kier molecular flexibility index (Phi) is 5.27. The van der Waals surface area contributed by atoms with Gasteiger partial charge >= 0.3 is 0 Å². The predicted octanol–water partition coefficient (Wildman–Crippen LogP) is 3.43. The van der Waals surface area contributed by atoms with Crippen molar-refractivity contribution in [3.8, 4) is 45.6 Å². The molecule has 33 heavy (non-hydrogen) atoms. The van der Waals surface area contributed by atoms with Crippen LogP contribution in [0.3, 0.4) is 0 Å². The fourth-order valence-electron chi connectivity index (χ4n) is 3.33. The second-order valence-electron chi connectivity index (χ2n) is 6.92. The normalized spacial score (nSPS) is 12.3. The Morgan fingerprint density at radius 2 is 1.67 bits per heavy atom. The summed E-state index contributed by atoms with van der Waals surface area (Å²) < 4.78 is 31.9. The van der Waals surface area contributed by atoms with Crippen molar-refractivity contribution >= 4 is 11.7 Å². The number of methoxy groups -OCH3 is 2. The third kappa shape index (κ3) is 3.91. The van der Waals surface area contributed by atoms with Gasteiger partial charge in [0.15, 0.2) is 40.1 Å². The monoisotopic (exact) mass is 450 g/mol. The van der Waals surface area contributed by atoms with Crippen LogP contribution in [-0.4, -0.2) is 48.8 Å². The lowest BCUT2D eigenvalue weighted by Crippen LogP contribution is -2.15. The van der Waals surface area contributed by atoms with E-state index in [2.05, 4.69) is 20.8 Å². The lowest BCUT2D eigenvalue weighted by molar-refractivity contribution is 0.101. The summed E-state index contributed by atoms with van der Waals surface area (Å²) in [5.41, 5.74) is 1.68. The Morgan fingerprint density at radius 3 is 2.48 bits per heavy atom. The number of rotatable bonds is 6. The smallest absolute Gasteiger partial charge is 0.279 e. The number of fused-ring (bicyclic) bond motifs is 1. The minimum atomic E-state index is -0.542. The third-order valence-electron chi connectivity index (χ3n) is 4.95. The number of hydrogen-bond acceptors (Lipinski definition) is 10. The molecule has 0 saturated carbocycles. The quantitative estimate of drug-likeness (QED) is 0.466. The summed E-state index contributed by atoms with van der Waals surface area (Å²) in [6, 6.07) is 12.0. The topological polar surface area (TPSA) is 131 Å². The van der Waals surface area contributed by atoms with Gasteiger partial charge in [0.25, 0.3) is 5.91 Å². The predicted molar refractivity (Wildman–Crippen MR) is 114 cm³/mol. The van der Waals surface area contributed by atoms with E-state index in [1.54, 1.807) is 36.4 Å². The first-order valence-corrected chi connectivity index (χ1v) is 9.89. The van der Waals surface area contributed by atoms with Gasteiger partial charge in [0, 0.05) is 17.2 Å². The van der Waals surface area contributed by atoms with Gasteiger partial charge in [-0.3, -0.25) is 4.79 Å². The molecule has 0 bridgehead atoms. The van der Waals surface area contributed by atoms with Crippen molar-refractivity contribution in [1.29, 1.82) is 0 Å². The van der Waals surface area contributed by atoms with E-state index in [4.69, 9.17) is 28.1 Å². The van der Waals surface area contributed by atoms with E-state index < -0.39 is 5.91 Å². The summed E-state index contributed by atoms with van der Waals surface area (Å²) in [5.74, 6) is 2.29. The van der Waals surface area contributed by atoms with Crippen LogP contribution in [0.1, 0.15) is 10.5 Å². The molecular weight excluding hydrogens is 432 g/mol. The lowest BCUT2D eigenvalue weighted by atomic mass is 10.1. The third-order valence-corrected chi connectivity index (χ3v) is 4.95. The van der Waals surface area contributed by atoms with Crippen molar-refractivity contribution in [2.75, 3.05) is 32.8 Å². The molecular formula is C22H18N4O7. The number of ether oxygens (including phenoxy) is 4. The summed E-state index contributed by atoms with van der Waals surface area (Å²) in [6.45, 7) is 0.968. The summed E-state index contributed by atoms with van der Waals surface area (Å²) in [4.78, 5) is 12.8. The Morgan fingerprint density at radius 1 is 0.879 bits per heavy atom. The van der Waals surface area contributed by atoms with Crippen molar-refractivity contribution in [1.82, 2.24) is 15.5 Å². The highest BCUT2D eigenvalue weighted by Gasteiger charge is 2.21. The molecule has 0 aliphatic carbocycles. The SMILES string of the molecule is COc1ccc(-c2nonc2NC(=O)c2cc(-c3ccc4c(c3)OCCO4)on2)cc1OC. The first-order valence-electron chi connectivity index (χ1n) is 9.89. The molecule has 168 valence electrons. The minimum Gasteiger partial charge on any atom is -0.493 e. The lowest BCUT2D eigenvalue weighted by Gasteiger charge is -2.18. The van der Waals surface area contributed by atoms with Crippen LogP contribution in [0.2, 0.25) is 0 Å². The molecule has 2 aromatic carbocycles. The highest BCUT2D eigenvalue weighted by atomic mass is 16.6. The number of carbonyl (C=O) groups is 1. The number of carbonyl (C=O) groups excluding carboxylic acids is 1. The largest absolute Gasteiger partial charge is 0.493 e. The van der Waals surface area contributed by atoms with Gasteiger partial charge in [0.1, 0.15) is 13.2 Å². The number of nitrogens with one attached hydrogen (secondary N) is 1. The van der Waals surface area contributed by atoms with Crippen LogP contribution < -0.4 is 24.3 Å². The molecule has 11 heteroatoms. The first-order chi connectivity index (χ1) is 16.2. The Bertz CT molecular complexity index is 1310. The molecule has 1 N–H and O–H groups in total.